The first-order valence-electron chi connectivity index (χ1n) is 38.4. The van der Waals surface area contributed by atoms with Gasteiger partial charge in [-0.3, -0.25) is 57.5 Å². The third-order valence-electron chi connectivity index (χ3n) is 24.3. The van der Waals surface area contributed by atoms with Crippen LogP contribution in [0.5, 0.6) is 0 Å². The summed E-state index contributed by atoms with van der Waals surface area (Å²) in [6.45, 7) is 13.8. The standard InChI is InChI=1S/C74H117ClF6N12O12/c1-14-44(6)60-69(103)86(10)46(8)64(98)93-37-31-54(93)68(102)91(16-3)57(40-48-23-27-49(28-24-48)73(76,77)78)66(100)85(9)42-58(94)82-52(30-26-47-25-29-50(51(75)39-47)74(79,80)81)65(99)92-36-21-22-53(92)63(97)84-72(32-17-18-33-72)71(105)89(13)61(45(7)15-2)70(104)88(12)56(67(101)90-34-19-20-35-90)41-59(95)87(11)55(38-43(4)5)62(96)83-60/h43-57,60-61H,14-42H2,1-13H3,(H,82,94)(H,83,96)(H,84,97)/t44-,45-,46-,47?,48?,49?,50?,51?,52-,53-,54-,55-,56-,57-,60-,61-/m0/s1. The van der Waals surface area contributed by atoms with Crippen molar-refractivity contribution < 1.29 is 83.9 Å². The summed E-state index contributed by atoms with van der Waals surface area (Å²) in [5.41, 5.74) is -1.61. The summed E-state index contributed by atoms with van der Waals surface area (Å²) in [6, 6.07) is -11.7. The van der Waals surface area contributed by atoms with Crippen molar-refractivity contribution in [2.75, 3.05) is 74.5 Å². The number of nitrogens with zero attached hydrogens (tertiary/aromatic N) is 9. The van der Waals surface area contributed by atoms with Crippen LogP contribution in [0.25, 0.3) is 0 Å². The Hall–Kier alpha value is -6.49. The van der Waals surface area contributed by atoms with E-state index in [-0.39, 0.29) is 122 Å². The van der Waals surface area contributed by atoms with Gasteiger partial charge < -0.3 is 60.0 Å². The number of fused-ring (bicyclic) bond motifs is 2. The molecule has 31 heteroatoms. The average Bonchev–Trinajstić information content (AvgIpc) is 1.56. The molecule has 0 radical (unpaired) electrons. The largest absolute Gasteiger partial charge is 0.393 e. The van der Waals surface area contributed by atoms with Gasteiger partial charge in [0.1, 0.15) is 59.9 Å². The summed E-state index contributed by atoms with van der Waals surface area (Å²) in [5, 5.41) is 7.42. The second-order valence-corrected chi connectivity index (χ2v) is 32.3. The van der Waals surface area contributed by atoms with Gasteiger partial charge in [0, 0.05) is 73.3 Å². The molecule has 4 saturated heterocycles. The Morgan fingerprint density at radius 1 is 0.590 bits per heavy atom. The predicted octanol–water partition coefficient (Wildman–Crippen LogP) is 7.27. The van der Waals surface area contributed by atoms with Crippen molar-refractivity contribution in [2.45, 2.75) is 281 Å². The highest BCUT2D eigenvalue weighted by atomic mass is 35.5. The van der Waals surface area contributed by atoms with Crippen LogP contribution < -0.4 is 16.0 Å². The summed E-state index contributed by atoms with van der Waals surface area (Å²) < 4.78 is 84.3. The topological polar surface area (TPSA) is 270 Å². The Labute approximate surface area is 620 Å². The van der Waals surface area contributed by atoms with Crippen molar-refractivity contribution in [3.8, 4) is 0 Å². The van der Waals surface area contributed by atoms with Crippen molar-refractivity contribution in [3.05, 3.63) is 0 Å². The van der Waals surface area contributed by atoms with Gasteiger partial charge in [0.05, 0.1) is 24.8 Å². The number of halogens is 7. The fourth-order valence-corrected chi connectivity index (χ4v) is 17.5. The first-order chi connectivity index (χ1) is 49.2. The monoisotopic (exact) mass is 1510 g/mol. The predicted molar refractivity (Wildman–Crippen MR) is 379 cm³/mol. The van der Waals surface area contributed by atoms with Gasteiger partial charge in [0.15, 0.2) is 0 Å². The molecule has 3 unspecified atom stereocenters. The Balaban J connectivity index is 1.30. The molecule has 0 aromatic rings. The minimum absolute atomic E-state index is 0.00495. The molecule has 0 aromatic heterocycles. The molecule has 4 aliphatic heterocycles. The van der Waals surface area contributed by atoms with Crippen molar-refractivity contribution in [1.82, 2.24) is 60.0 Å². The maximum absolute atomic E-state index is 15.6. The number of alkyl halides is 7. The quantitative estimate of drug-likeness (QED) is 0.121. The molecular weight excluding hydrogens is 1400 g/mol. The van der Waals surface area contributed by atoms with E-state index in [4.69, 9.17) is 11.6 Å². The van der Waals surface area contributed by atoms with E-state index in [1.54, 1.807) is 32.6 Å². The van der Waals surface area contributed by atoms with Gasteiger partial charge in [-0.2, -0.15) is 26.3 Å². The second-order valence-electron chi connectivity index (χ2n) is 31.8. The SMILES string of the molecule is CC[C@H](C)[C@@H]1NC(=O)[C@H](CC(C)C)N(C)C(=O)C[C@@H](C(=O)N2CCCC2)N(C)C(=O)[C@H]([C@@H](C)CC)N(C)C(=O)C2(CCCC2)NC(=O)[C@@H]2CCCN2C(=O)[C@H](CCC2CCC(C(F)(F)F)C(Cl)C2)NC(=O)CN(C)C(=O)[C@H](CC2CCC(C(F)(F)F)CC2)N(CC)C(=O)[C@@H]2CCN2C(=O)[C@H](C)N(C)C1=O. The highest BCUT2D eigenvalue weighted by Crippen LogP contribution is 2.45. The van der Waals surface area contributed by atoms with E-state index in [9.17, 15) is 50.3 Å². The van der Waals surface area contributed by atoms with E-state index >= 15 is 33.6 Å². The Morgan fingerprint density at radius 2 is 1.20 bits per heavy atom. The van der Waals surface area contributed by atoms with E-state index < -0.39 is 197 Å². The second kappa shape index (κ2) is 36.6. The third-order valence-corrected chi connectivity index (χ3v) is 24.8. The normalized spacial score (nSPS) is 31.6. The maximum Gasteiger partial charge on any atom is 0.393 e. The smallest absolute Gasteiger partial charge is 0.343 e. The molecule has 594 valence electrons. The highest BCUT2D eigenvalue weighted by Gasteiger charge is 2.53. The van der Waals surface area contributed by atoms with Crippen LogP contribution in [0.1, 0.15) is 203 Å². The summed E-state index contributed by atoms with van der Waals surface area (Å²) in [4.78, 5) is 192. The minimum Gasteiger partial charge on any atom is -0.343 e. The van der Waals surface area contributed by atoms with Crippen LogP contribution in [0.4, 0.5) is 26.3 Å². The summed E-state index contributed by atoms with van der Waals surface area (Å²) in [7, 11) is 6.93. The number of nitrogens with one attached hydrogen (secondary N) is 3. The molecule has 0 aromatic carbocycles. The first-order valence-corrected chi connectivity index (χ1v) is 38.9. The van der Waals surface area contributed by atoms with Gasteiger partial charge in [0.2, 0.25) is 70.9 Å². The van der Waals surface area contributed by atoms with Crippen molar-refractivity contribution >= 4 is 82.5 Å². The Kier molecular flexibility index (Phi) is 29.9. The minimum atomic E-state index is -4.55. The maximum atomic E-state index is 15.6. The Bertz CT molecular complexity index is 3110. The fourth-order valence-electron chi connectivity index (χ4n) is 17.0. The molecule has 3 aliphatic carbocycles. The van der Waals surface area contributed by atoms with Crippen molar-refractivity contribution in [1.29, 1.82) is 0 Å². The zero-order chi connectivity index (χ0) is 78.1. The van der Waals surface area contributed by atoms with E-state index in [0.717, 1.165) is 4.90 Å². The number of carbonyl (C=O) groups is 12. The van der Waals surface area contributed by atoms with Gasteiger partial charge in [-0.05, 0) is 159 Å². The summed E-state index contributed by atoms with van der Waals surface area (Å²) in [6.07, 6.45) is -6.49. The van der Waals surface area contributed by atoms with Crippen LogP contribution in [0.3, 0.4) is 0 Å². The van der Waals surface area contributed by atoms with Crippen LogP contribution in [0.2, 0.25) is 0 Å². The molecule has 4 heterocycles. The zero-order valence-electron chi connectivity index (χ0n) is 63.9. The van der Waals surface area contributed by atoms with Crippen LogP contribution in [-0.2, 0) is 57.5 Å². The lowest BCUT2D eigenvalue weighted by Crippen LogP contribution is -2.65. The van der Waals surface area contributed by atoms with Crippen LogP contribution in [-0.4, -0.2) is 267 Å². The highest BCUT2D eigenvalue weighted by molar-refractivity contribution is 6.21. The molecule has 3 saturated carbocycles. The van der Waals surface area contributed by atoms with Crippen LogP contribution >= 0.6 is 11.6 Å². The molecule has 105 heavy (non-hydrogen) atoms. The summed E-state index contributed by atoms with van der Waals surface area (Å²) >= 11 is 6.40. The van der Waals surface area contributed by atoms with Gasteiger partial charge in [-0.25, -0.2) is 0 Å². The van der Waals surface area contributed by atoms with E-state index in [2.05, 4.69) is 16.0 Å². The van der Waals surface area contributed by atoms with Gasteiger partial charge in [-0.15, -0.1) is 11.6 Å². The van der Waals surface area contributed by atoms with E-state index in [0.29, 0.717) is 58.0 Å². The molecule has 24 nitrogen and oxygen atoms in total. The van der Waals surface area contributed by atoms with Crippen LogP contribution in [0.15, 0.2) is 0 Å². The number of carbonyl (C=O) groups excluding carboxylic acids is 12. The molecule has 7 rings (SSSR count). The summed E-state index contributed by atoms with van der Waals surface area (Å²) in [5.74, 6) is -13.9. The van der Waals surface area contributed by atoms with Crippen molar-refractivity contribution in [2.24, 2.45) is 41.4 Å². The molecule has 3 N–H and O–H groups in total. The number of hydrogen-bond donors (Lipinski definition) is 3. The zero-order valence-corrected chi connectivity index (χ0v) is 64.6. The number of likely N-dealkylation sites (tertiary alicyclic amines) is 1. The molecule has 7 aliphatic rings. The number of likely N-dealkylation sites (N-methyl/N-ethyl adjacent to an activating group) is 6. The average molecular weight is 1520 g/mol. The lowest BCUT2D eigenvalue weighted by Gasteiger charge is -2.46. The molecule has 14 atom stereocenters. The number of rotatable bonds is 13. The third kappa shape index (κ3) is 20.3. The Morgan fingerprint density at radius 3 is 1.75 bits per heavy atom. The first kappa shape index (κ1) is 85.8. The van der Waals surface area contributed by atoms with Gasteiger partial charge >= 0.3 is 12.4 Å². The van der Waals surface area contributed by atoms with Crippen molar-refractivity contribution in [3.63, 3.8) is 0 Å². The number of hydrogen-bond acceptors (Lipinski definition) is 12. The van der Waals surface area contributed by atoms with Gasteiger partial charge in [-0.1, -0.05) is 67.2 Å². The molecular formula is C74H117ClF6N12O12. The van der Waals surface area contributed by atoms with Crippen LogP contribution in [0, 0.1) is 41.4 Å². The molecule has 7 fully saturated rings. The number of amides is 12. The lowest BCUT2D eigenvalue weighted by molar-refractivity contribution is -0.184. The fraction of sp³-hybridized carbons (Fsp3) is 0.838. The molecule has 12 amide bonds. The lowest BCUT2D eigenvalue weighted by atomic mass is 9.78. The van der Waals surface area contributed by atoms with E-state index in [1.807, 2.05) is 20.8 Å². The van der Waals surface area contributed by atoms with E-state index in [1.165, 1.54) is 76.5 Å². The van der Waals surface area contributed by atoms with Gasteiger partial charge in [0.25, 0.3) is 0 Å². The molecule has 0 bridgehead atoms. The molecule has 1 spiro atoms.